The number of hydrogen-bond donors (Lipinski definition) is 1. The fourth-order valence-electron chi connectivity index (χ4n) is 1.31. The summed E-state index contributed by atoms with van der Waals surface area (Å²) in [6.45, 7) is 11.5. The van der Waals surface area contributed by atoms with Crippen molar-refractivity contribution >= 4 is 21.6 Å². The molecule has 0 spiro atoms. The van der Waals surface area contributed by atoms with Crippen LogP contribution in [0.25, 0.3) is 0 Å². The lowest BCUT2D eigenvalue weighted by Gasteiger charge is -2.13. The van der Waals surface area contributed by atoms with Gasteiger partial charge in [0.05, 0.1) is 4.47 Å². The van der Waals surface area contributed by atoms with Gasteiger partial charge in [-0.3, -0.25) is 0 Å². The minimum absolute atomic E-state index is 0.686. The van der Waals surface area contributed by atoms with Crippen molar-refractivity contribution in [2.75, 3.05) is 5.73 Å². The summed E-state index contributed by atoms with van der Waals surface area (Å²) in [5.41, 5.74) is 8.16. The Labute approximate surface area is 111 Å². The Hall–Kier alpha value is -1.48. The van der Waals surface area contributed by atoms with E-state index in [1.165, 1.54) is 0 Å². The second kappa shape index (κ2) is 5.73. The lowest BCUT2D eigenvalue weighted by Crippen LogP contribution is -2.00. The Kier molecular flexibility index (Phi) is 4.58. The first-order valence-electron chi connectivity index (χ1n) is 5.17. The van der Waals surface area contributed by atoms with E-state index in [1.807, 2.05) is 19.9 Å². The molecule has 0 unspecified atom stereocenters. The standard InChI is InChI=1S/C14H16BrNO/c1-5-10(4)14(9(2)3)17-13-7-6-11(16)8-12(13)15/h5-8H,1-2,16H2,3-4H3/b14-10+. The molecule has 0 amide bonds. The van der Waals surface area contributed by atoms with Gasteiger partial charge in [-0.05, 0) is 59.1 Å². The third-order valence-electron chi connectivity index (χ3n) is 2.22. The number of allylic oxidation sites excluding steroid dienone is 3. The van der Waals surface area contributed by atoms with Crippen LogP contribution in [0.1, 0.15) is 13.8 Å². The van der Waals surface area contributed by atoms with Crippen LogP contribution in [0, 0.1) is 0 Å². The average molecular weight is 294 g/mol. The molecule has 2 N–H and O–H groups in total. The number of halogens is 1. The van der Waals surface area contributed by atoms with Gasteiger partial charge in [-0.1, -0.05) is 19.2 Å². The summed E-state index contributed by atoms with van der Waals surface area (Å²) in [4.78, 5) is 0. The fourth-order valence-corrected chi connectivity index (χ4v) is 1.78. The maximum absolute atomic E-state index is 5.82. The second-order valence-electron chi connectivity index (χ2n) is 3.79. The fraction of sp³-hybridized carbons (Fsp3) is 0.143. The first kappa shape index (κ1) is 13.6. The number of rotatable bonds is 4. The molecule has 0 aromatic heterocycles. The maximum Gasteiger partial charge on any atom is 0.141 e. The monoisotopic (exact) mass is 293 g/mol. The molecule has 2 nitrogen and oxygen atoms in total. The highest BCUT2D eigenvalue weighted by atomic mass is 79.9. The van der Waals surface area contributed by atoms with Crippen molar-refractivity contribution in [1.29, 1.82) is 0 Å². The van der Waals surface area contributed by atoms with Crippen molar-refractivity contribution in [2.45, 2.75) is 13.8 Å². The normalized spacial score (nSPS) is 11.7. The predicted octanol–water partition coefficient (Wildman–Crippen LogP) is 4.45. The number of nitrogens with two attached hydrogens (primary N) is 1. The Morgan fingerprint density at radius 1 is 1.41 bits per heavy atom. The van der Waals surface area contributed by atoms with E-state index >= 15 is 0 Å². The summed E-state index contributed by atoms with van der Waals surface area (Å²) >= 11 is 3.41. The minimum atomic E-state index is 0.686. The molecule has 0 saturated heterocycles. The lowest BCUT2D eigenvalue weighted by atomic mass is 10.1. The van der Waals surface area contributed by atoms with Crippen LogP contribution in [0.2, 0.25) is 0 Å². The van der Waals surface area contributed by atoms with Crippen LogP contribution < -0.4 is 10.5 Å². The first-order valence-corrected chi connectivity index (χ1v) is 5.97. The van der Waals surface area contributed by atoms with Crippen molar-refractivity contribution in [3.63, 3.8) is 0 Å². The van der Waals surface area contributed by atoms with E-state index in [1.54, 1.807) is 18.2 Å². The largest absolute Gasteiger partial charge is 0.456 e. The summed E-state index contributed by atoms with van der Waals surface area (Å²) in [6.07, 6.45) is 1.75. The summed E-state index contributed by atoms with van der Waals surface area (Å²) in [7, 11) is 0. The molecule has 0 aliphatic heterocycles. The third kappa shape index (κ3) is 3.49. The Bertz CT molecular complexity index is 489. The molecule has 0 aliphatic rings. The number of nitrogen functional groups attached to an aromatic ring is 1. The van der Waals surface area contributed by atoms with Gasteiger partial charge in [0.25, 0.3) is 0 Å². The molecular weight excluding hydrogens is 278 g/mol. The van der Waals surface area contributed by atoms with E-state index in [0.29, 0.717) is 11.4 Å². The zero-order chi connectivity index (χ0) is 13.0. The van der Waals surface area contributed by atoms with Crippen molar-refractivity contribution < 1.29 is 4.74 Å². The van der Waals surface area contributed by atoms with Gasteiger partial charge in [-0.2, -0.15) is 0 Å². The molecule has 1 aromatic rings. The van der Waals surface area contributed by atoms with Gasteiger partial charge in [0.1, 0.15) is 11.5 Å². The van der Waals surface area contributed by atoms with Crippen molar-refractivity contribution in [3.8, 4) is 5.75 Å². The second-order valence-corrected chi connectivity index (χ2v) is 4.64. The highest BCUT2D eigenvalue weighted by Gasteiger charge is 2.08. The Balaban J connectivity index is 3.11. The average Bonchev–Trinajstić information content (AvgIpc) is 2.26. The number of anilines is 1. The molecule has 0 radical (unpaired) electrons. The Morgan fingerprint density at radius 3 is 2.53 bits per heavy atom. The number of ether oxygens (including phenoxy) is 1. The van der Waals surface area contributed by atoms with Crippen LogP contribution in [-0.2, 0) is 0 Å². The predicted molar refractivity (Wildman–Crippen MR) is 76.9 cm³/mol. The summed E-state index contributed by atoms with van der Waals surface area (Å²) in [5.74, 6) is 1.43. The van der Waals surface area contributed by atoms with E-state index < -0.39 is 0 Å². The summed E-state index contributed by atoms with van der Waals surface area (Å²) < 4.78 is 6.63. The highest BCUT2D eigenvalue weighted by Crippen LogP contribution is 2.30. The van der Waals surface area contributed by atoms with Crippen molar-refractivity contribution in [1.82, 2.24) is 0 Å². The van der Waals surface area contributed by atoms with Crippen LogP contribution >= 0.6 is 15.9 Å². The molecule has 1 rings (SSSR count). The molecule has 0 aliphatic carbocycles. The van der Waals surface area contributed by atoms with Crippen LogP contribution in [0.15, 0.2) is 58.8 Å². The molecule has 0 fully saturated rings. The van der Waals surface area contributed by atoms with Crippen LogP contribution in [0.3, 0.4) is 0 Å². The molecule has 0 atom stereocenters. The molecule has 0 heterocycles. The smallest absolute Gasteiger partial charge is 0.141 e. The van der Waals surface area contributed by atoms with Crippen LogP contribution in [0.5, 0.6) is 5.75 Å². The Morgan fingerprint density at radius 2 is 2.06 bits per heavy atom. The van der Waals surface area contributed by atoms with E-state index in [2.05, 4.69) is 29.1 Å². The van der Waals surface area contributed by atoms with Crippen LogP contribution in [-0.4, -0.2) is 0 Å². The highest BCUT2D eigenvalue weighted by molar-refractivity contribution is 9.10. The van der Waals surface area contributed by atoms with Crippen molar-refractivity contribution in [3.05, 3.63) is 58.8 Å². The number of benzene rings is 1. The molecule has 1 aromatic carbocycles. The lowest BCUT2D eigenvalue weighted by molar-refractivity contribution is 0.429. The summed E-state index contributed by atoms with van der Waals surface area (Å²) in [5, 5.41) is 0. The quantitative estimate of drug-likeness (QED) is 0.506. The minimum Gasteiger partial charge on any atom is -0.456 e. The zero-order valence-corrected chi connectivity index (χ0v) is 11.7. The topological polar surface area (TPSA) is 35.2 Å². The SMILES string of the molecule is C=C/C(C)=C(/Oc1ccc(N)cc1Br)C(=C)C. The third-order valence-corrected chi connectivity index (χ3v) is 2.84. The van der Waals surface area contributed by atoms with E-state index in [4.69, 9.17) is 10.5 Å². The van der Waals surface area contributed by atoms with Gasteiger partial charge in [-0.15, -0.1) is 0 Å². The van der Waals surface area contributed by atoms with E-state index in [-0.39, 0.29) is 0 Å². The summed E-state index contributed by atoms with van der Waals surface area (Å²) in [6, 6.07) is 5.41. The van der Waals surface area contributed by atoms with Gasteiger partial charge >= 0.3 is 0 Å². The maximum atomic E-state index is 5.82. The van der Waals surface area contributed by atoms with Gasteiger partial charge in [0, 0.05) is 5.69 Å². The molecule has 0 saturated carbocycles. The molecular formula is C14H16BrNO. The van der Waals surface area contributed by atoms with Gasteiger partial charge in [-0.25, -0.2) is 0 Å². The van der Waals surface area contributed by atoms with E-state index in [0.717, 1.165) is 21.4 Å². The zero-order valence-electron chi connectivity index (χ0n) is 10.1. The van der Waals surface area contributed by atoms with Gasteiger partial charge < -0.3 is 10.5 Å². The van der Waals surface area contributed by atoms with Crippen LogP contribution in [0.4, 0.5) is 5.69 Å². The first-order chi connectivity index (χ1) is 7.95. The molecule has 0 bridgehead atoms. The van der Waals surface area contributed by atoms with Gasteiger partial charge in [0.2, 0.25) is 0 Å². The molecule has 17 heavy (non-hydrogen) atoms. The molecule has 90 valence electrons. The van der Waals surface area contributed by atoms with Gasteiger partial charge in [0.15, 0.2) is 0 Å². The van der Waals surface area contributed by atoms with Crippen molar-refractivity contribution in [2.24, 2.45) is 0 Å². The molecule has 3 heteroatoms. The van der Waals surface area contributed by atoms with E-state index in [9.17, 15) is 0 Å². The number of hydrogen-bond acceptors (Lipinski definition) is 2.